The first-order valence-electron chi connectivity index (χ1n) is 6.49. The summed E-state index contributed by atoms with van der Waals surface area (Å²) in [6.45, 7) is 4.68. The molecule has 1 N–H and O–H groups in total. The van der Waals surface area contributed by atoms with Crippen LogP contribution in [0.2, 0.25) is 0 Å². The second-order valence-electron chi connectivity index (χ2n) is 5.44. The Bertz CT molecular complexity index is 690. The first-order chi connectivity index (χ1) is 10.1. The lowest BCUT2D eigenvalue weighted by atomic mass is 10.2. The van der Waals surface area contributed by atoms with Gasteiger partial charge in [0, 0.05) is 12.6 Å². The largest absolute Gasteiger partial charge is 0.443 e. The van der Waals surface area contributed by atoms with Crippen LogP contribution < -0.4 is 0 Å². The van der Waals surface area contributed by atoms with E-state index in [2.05, 4.69) is 11.8 Å². The molecule has 0 atom stereocenters. The van der Waals surface area contributed by atoms with Gasteiger partial charge in [-0.25, -0.2) is 17.5 Å². The quantitative estimate of drug-likeness (QED) is 0.835. The first-order valence-corrected chi connectivity index (χ1v) is 7.93. The van der Waals surface area contributed by atoms with Crippen LogP contribution in [-0.4, -0.2) is 43.2 Å². The number of ether oxygens (including phenoxy) is 1. The smallest absolute Gasteiger partial charge is 0.424 e. The Morgan fingerprint density at radius 2 is 1.82 bits per heavy atom. The molecular formula is C15H19NO5S. The molecule has 0 radical (unpaired) electrons. The summed E-state index contributed by atoms with van der Waals surface area (Å²) in [5.41, 5.74) is -0.224. The Kier molecular flexibility index (Phi) is 5.58. The number of sulfonamides is 1. The van der Waals surface area contributed by atoms with Crippen LogP contribution in [0.15, 0.2) is 29.2 Å². The third-order valence-electron chi connectivity index (χ3n) is 2.48. The standard InChI is InChI=1S/C15H19NO5S/c1-15(2,3)21-14(18)16(4)22(19,20)13-9-7-12(8-10-13)6-5-11-17/h7-10,17H,11H2,1-4H3. The Hall–Kier alpha value is -2.04. The molecule has 0 saturated carbocycles. The number of amides is 1. The van der Waals surface area contributed by atoms with Gasteiger partial charge in [-0.1, -0.05) is 11.8 Å². The van der Waals surface area contributed by atoms with Crippen LogP contribution in [0.3, 0.4) is 0 Å². The predicted octanol–water partition coefficient (Wildman–Crippen LogP) is 1.59. The van der Waals surface area contributed by atoms with Crippen LogP contribution in [0.1, 0.15) is 26.3 Å². The van der Waals surface area contributed by atoms with Crippen molar-refractivity contribution in [3.63, 3.8) is 0 Å². The molecular weight excluding hydrogens is 306 g/mol. The van der Waals surface area contributed by atoms with Gasteiger partial charge in [-0.15, -0.1) is 0 Å². The minimum Gasteiger partial charge on any atom is -0.443 e. The number of hydrogen-bond acceptors (Lipinski definition) is 5. The molecule has 0 bridgehead atoms. The fourth-order valence-electron chi connectivity index (χ4n) is 1.43. The van der Waals surface area contributed by atoms with Gasteiger partial charge in [0.25, 0.3) is 10.0 Å². The summed E-state index contributed by atoms with van der Waals surface area (Å²) < 4.78 is 30.3. The summed E-state index contributed by atoms with van der Waals surface area (Å²) in [6, 6.07) is 5.69. The topological polar surface area (TPSA) is 83.9 Å². The number of hydrogen-bond donors (Lipinski definition) is 1. The number of aliphatic hydroxyl groups excluding tert-OH is 1. The van der Waals surface area contributed by atoms with Crippen LogP contribution in [0.4, 0.5) is 4.79 Å². The Morgan fingerprint density at radius 1 is 1.27 bits per heavy atom. The van der Waals surface area contributed by atoms with Gasteiger partial charge in [-0.3, -0.25) is 0 Å². The molecule has 0 fully saturated rings. The molecule has 0 heterocycles. The Morgan fingerprint density at radius 3 is 2.27 bits per heavy atom. The highest BCUT2D eigenvalue weighted by Crippen LogP contribution is 2.18. The second kappa shape index (κ2) is 6.81. The number of carbonyl (C=O) groups excluding carboxylic acids is 1. The van der Waals surface area contributed by atoms with Crippen molar-refractivity contribution in [3.05, 3.63) is 29.8 Å². The number of aliphatic hydroxyl groups is 1. The van der Waals surface area contributed by atoms with E-state index in [0.717, 1.165) is 7.05 Å². The number of carbonyl (C=O) groups is 1. The lowest BCUT2D eigenvalue weighted by molar-refractivity contribution is 0.0420. The van der Waals surface area contributed by atoms with Crippen molar-refractivity contribution in [3.8, 4) is 11.8 Å². The second-order valence-corrected chi connectivity index (χ2v) is 7.41. The molecule has 1 aromatic carbocycles. The van der Waals surface area contributed by atoms with Gasteiger partial charge in [0.15, 0.2) is 0 Å². The molecule has 0 aliphatic rings. The van der Waals surface area contributed by atoms with E-state index < -0.39 is 21.7 Å². The summed E-state index contributed by atoms with van der Waals surface area (Å²) in [7, 11) is -2.84. The minimum absolute atomic E-state index is 0.0459. The molecule has 120 valence electrons. The van der Waals surface area contributed by atoms with Crippen molar-refractivity contribution < 1.29 is 23.1 Å². The fraction of sp³-hybridized carbons (Fsp3) is 0.400. The van der Waals surface area contributed by atoms with E-state index in [-0.39, 0.29) is 11.5 Å². The van der Waals surface area contributed by atoms with Gasteiger partial charge in [-0.05, 0) is 45.0 Å². The van der Waals surface area contributed by atoms with Gasteiger partial charge in [-0.2, -0.15) is 0 Å². The van der Waals surface area contributed by atoms with Gasteiger partial charge in [0.2, 0.25) is 0 Å². The van der Waals surface area contributed by atoms with E-state index >= 15 is 0 Å². The molecule has 0 aliphatic carbocycles. The van der Waals surface area contributed by atoms with Crippen LogP contribution in [0, 0.1) is 11.8 Å². The molecule has 0 aliphatic heterocycles. The van der Waals surface area contributed by atoms with Crippen molar-refractivity contribution in [2.24, 2.45) is 0 Å². The molecule has 0 unspecified atom stereocenters. The van der Waals surface area contributed by atoms with E-state index in [1.807, 2.05) is 0 Å². The van der Waals surface area contributed by atoms with Crippen molar-refractivity contribution >= 4 is 16.1 Å². The SMILES string of the molecule is CN(C(=O)OC(C)(C)C)S(=O)(=O)c1ccc(C#CCO)cc1. The molecule has 0 aromatic heterocycles. The van der Waals surface area contributed by atoms with Crippen molar-refractivity contribution in [1.29, 1.82) is 0 Å². The van der Waals surface area contributed by atoms with E-state index in [0.29, 0.717) is 9.87 Å². The maximum absolute atomic E-state index is 12.3. The van der Waals surface area contributed by atoms with E-state index in [4.69, 9.17) is 9.84 Å². The van der Waals surface area contributed by atoms with Gasteiger partial charge in [0.1, 0.15) is 12.2 Å². The predicted molar refractivity (Wildman–Crippen MR) is 81.6 cm³/mol. The molecule has 7 heteroatoms. The highest BCUT2D eigenvalue weighted by Gasteiger charge is 2.29. The van der Waals surface area contributed by atoms with Crippen LogP contribution in [-0.2, 0) is 14.8 Å². The molecule has 1 amide bonds. The van der Waals surface area contributed by atoms with Gasteiger partial charge < -0.3 is 9.84 Å². The minimum atomic E-state index is -3.99. The zero-order valence-electron chi connectivity index (χ0n) is 13.0. The highest BCUT2D eigenvalue weighted by atomic mass is 32.2. The summed E-state index contributed by atoms with van der Waals surface area (Å²) in [5, 5.41) is 8.61. The van der Waals surface area contributed by atoms with Crippen molar-refractivity contribution in [2.75, 3.05) is 13.7 Å². The van der Waals surface area contributed by atoms with Gasteiger partial charge in [0.05, 0.1) is 4.90 Å². The van der Waals surface area contributed by atoms with Crippen molar-refractivity contribution in [1.82, 2.24) is 4.31 Å². The van der Waals surface area contributed by atoms with Crippen LogP contribution in [0.5, 0.6) is 0 Å². The average molecular weight is 325 g/mol. The molecule has 22 heavy (non-hydrogen) atoms. The maximum Gasteiger partial charge on any atom is 0.424 e. The summed E-state index contributed by atoms with van der Waals surface area (Å²) in [6.07, 6.45) is -0.948. The van der Waals surface area contributed by atoms with Crippen LogP contribution >= 0.6 is 0 Å². The van der Waals surface area contributed by atoms with E-state index in [1.54, 1.807) is 20.8 Å². The normalized spacial score (nSPS) is 11.3. The monoisotopic (exact) mass is 325 g/mol. The molecule has 6 nitrogen and oxygen atoms in total. The van der Waals surface area contributed by atoms with Crippen LogP contribution in [0.25, 0.3) is 0 Å². The number of nitrogens with zero attached hydrogens (tertiary/aromatic N) is 1. The number of rotatable bonds is 2. The van der Waals surface area contributed by atoms with E-state index in [1.165, 1.54) is 24.3 Å². The molecule has 1 aromatic rings. The zero-order chi connectivity index (χ0) is 17.0. The maximum atomic E-state index is 12.3. The van der Waals surface area contributed by atoms with Gasteiger partial charge >= 0.3 is 6.09 Å². The zero-order valence-corrected chi connectivity index (χ0v) is 13.8. The Balaban J connectivity index is 3.01. The van der Waals surface area contributed by atoms with E-state index in [9.17, 15) is 13.2 Å². The Labute approximate surface area is 130 Å². The lowest BCUT2D eigenvalue weighted by Gasteiger charge is -2.24. The summed E-state index contributed by atoms with van der Waals surface area (Å²) in [5.74, 6) is 5.12. The fourth-order valence-corrected chi connectivity index (χ4v) is 2.46. The molecule has 0 saturated heterocycles. The molecule has 1 rings (SSSR count). The number of benzene rings is 1. The molecule has 0 spiro atoms. The first kappa shape index (κ1) is 18.0. The lowest BCUT2D eigenvalue weighted by Crippen LogP contribution is -2.38. The average Bonchev–Trinajstić information content (AvgIpc) is 2.42. The summed E-state index contributed by atoms with van der Waals surface area (Å²) >= 11 is 0. The summed E-state index contributed by atoms with van der Waals surface area (Å²) in [4.78, 5) is 11.8. The third-order valence-corrected chi connectivity index (χ3v) is 4.21. The van der Waals surface area contributed by atoms with Crippen molar-refractivity contribution in [2.45, 2.75) is 31.3 Å². The highest BCUT2D eigenvalue weighted by molar-refractivity contribution is 7.89. The third kappa shape index (κ3) is 4.76.